The van der Waals surface area contributed by atoms with Crippen LogP contribution in [0.25, 0.3) is 0 Å². The van der Waals surface area contributed by atoms with Gasteiger partial charge in [-0.3, -0.25) is 9.59 Å². The number of rotatable bonds is 5. The van der Waals surface area contributed by atoms with Crippen LogP contribution in [0.5, 0.6) is 0 Å². The van der Waals surface area contributed by atoms with Gasteiger partial charge in [0.15, 0.2) is 0 Å². The van der Waals surface area contributed by atoms with Crippen LogP contribution in [0.3, 0.4) is 0 Å². The van der Waals surface area contributed by atoms with Gasteiger partial charge in [0.05, 0.1) is 4.90 Å². The first kappa shape index (κ1) is 23.9. The molecule has 1 heterocycles. The summed E-state index contributed by atoms with van der Waals surface area (Å²) in [5.41, 5.74) is 4.93. The molecule has 0 bridgehead atoms. The number of carbonyl (C=O) groups is 2. The molecule has 0 spiro atoms. The Bertz CT molecular complexity index is 1130. The Morgan fingerprint density at radius 1 is 1.00 bits per heavy atom. The molecule has 0 saturated carbocycles. The monoisotopic (exact) mass is 457 g/mol. The summed E-state index contributed by atoms with van der Waals surface area (Å²) in [5, 5.41) is 5.24. The van der Waals surface area contributed by atoms with Crippen LogP contribution in [0.2, 0.25) is 0 Å². The summed E-state index contributed by atoms with van der Waals surface area (Å²) >= 11 is 0. The Kier molecular flexibility index (Phi) is 7.05. The highest BCUT2D eigenvalue weighted by Gasteiger charge is 2.37. The number of anilines is 1. The van der Waals surface area contributed by atoms with Crippen LogP contribution in [-0.4, -0.2) is 43.7 Å². The largest absolute Gasteiger partial charge is 0.346 e. The molecule has 1 aliphatic rings. The molecular formula is C24H31N3O4S. The normalized spacial score (nSPS) is 16.7. The molecule has 2 amide bonds. The molecule has 1 fully saturated rings. The van der Waals surface area contributed by atoms with Crippen LogP contribution in [0.4, 0.5) is 5.69 Å². The fourth-order valence-corrected chi connectivity index (χ4v) is 6.48. The van der Waals surface area contributed by atoms with Gasteiger partial charge in [-0.05, 0) is 75.8 Å². The Hall–Kier alpha value is -2.71. The first-order valence-corrected chi connectivity index (χ1v) is 12.2. The van der Waals surface area contributed by atoms with Gasteiger partial charge in [0.25, 0.3) is 0 Å². The van der Waals surface area contributed by atoms with E-state index in [2.05, 4.69) is 10.6 Å². The molecule has 2 N–H and O–H groups in total. The maximum atomic E-state index is 13.4. The van der Waals surface area contributed by atoms with Crippen LogP contribution >= 0.6 is 0 Å². The number of amides is 2. The number of carbonyl (C=O) groups excluding carboxylic acids is 2. The second-order valence-corrected chi connectivity index (χ2v) is 10.4. The van der Waals surface area contributed by atoms with E-state index < -0.39 is 27.9 Å². The molecule has 0 aromatic heterocycles. The van der Waals surface area contributed by atoms with Crippen molar-refractivity contribution in [1.82, 2.24) is 9.62 Å². The zero-order valence-corrected chi connectivity index (χ0v) is 20.1. The van der Waals surface area contributed by atoms with Gasteiger partial charge in [0, 0.05) is 24.8 Å². The molecule has 32 heavy (non-hydrogen) atoms. The quantitative estimate of drug-likeness (QED) is 0.675. The highest BCUT2D eigenvalue weighted by molar-refractivity contribution is 7.89. The molecule has 0 aliphatic carbocycles. The maximum absolute atomic E-state index is 13.4. The molecule has 7 nitrogen and oxygen atoms in total. The zero-order valence-electron chi connectivity index (χ0n) is 19.3. The Labute approximate surface area is 190 Å². The molecular weight excluding hydrogens is 426 g/mol. The topological polar surface area (TPSA) is 95.6 Å². The molecule has 2 aromatic carbocycles. The van der Waals surface area contributed by atoms with Crippen LogP contribution in [0, 0.1) is 34.6 Å². The van der Waals surface area contributed by atoms with E-state index in [1.165, 1.54) is 4.31 Å². The first-order valence-electron chi connectivity index (χ1n) is 10.8. The number of aryl methyl sites for hydroxylation is 4. The summed E-state index contributed by atoms with van der Waals surface area (Å²) in [7, 11) is -3.71. The van der Waals surface area contributed by atoms with Gasteiger partial charge in [-0.2, -0.15) is 4.31 Å². The van der Waals surface area contributed by atoms with Crippen molar-refractivity contribution in [3.05, 3.63) is 58.1 Å². The number of nitrogens with zero attached hydrogens (tertiary/aromatic N) is 1. The summed E-state index contributed by atoms with van der Waals surface area (Å²) in [6.45, 7) is 9.83. The first-order chi connectivity index (χ1) is 15.0. The third-order valence-electron chi connectivity index (χ3n) is 6.05. The van der Waals surface area contributed by atoms with Gasteiger partial charge < -0.3 is 10.6 Å². The molecule has 2 aromatic rings. The van der Waals surface area contributed by atoms with Gasteiger partial charge in [-0.15, -0.1) is 0 Å². The van der Waals surface area contributed by atoms with Gasteiger partial charge in [0.2, 0.25) is 10.0 Å². The number of hydrogen-bond acceptors (Lipinski definition) is 4. The zero-order chi connectivity index (χ0) is 23.6. The fourth-order valence-electron chi connectivity index (χ4n) is 4.38. The highest BCUT2D eigenvalue weighted by Crippen LogP contribution is 2.30. The minimum Gasteiger partial charge on any atom is -0.346 e. The minimum atomic E-state index is -3.71. The van der Waals surface area contributed by atoms with Gasteiger partial charge >= 0.3 is 11.8 Å². The van der Waals surface area contributed by atoms with E-state index in [0.29, 0.717) is 41.1 Å². The van der Waals surface area contributed by atoms with Crippen molar-refractivity contribution in [3.8, 4) is 0 Å². The van der Waals surface area contributed by atoms with Crippen LogP contribution in [0.1, 0.15) is 40.7 Å². The number of sulfonamides is 1. The van der Waals surface area contributed by atoms with Crippen molar-refractivity contribution in [3.63, 3.8) is 0 Å². The van der Waals surface area contributed by atoms with E-state index in [-0.39, 0.29) is 6.54 Å². The predicted molar refractivity (Wildman–Crippen MR) is 125 cm³/mol. The maximum Gasteiger partial charge on any atom is 0.313 e. The van der Waals surface area contributed by atoms with Gasteiger partial charge in [0.1, 0.15) is 0 Å². The van der Waals surface area contributed by atoms with E-state index in [1.54, 1.807) is 19.9 Å². The number of benzene rings is 2. The summed E-state index contributed by atoms with van der Waals surface area (Å²) in [4.78, 5) is 25.1. The van der Waals surface area contributed by atoms with E-state index in [1.807, 2.05) is 45.0 Å². The Morgan fingerprint density at radius 3 is 2.31 bits per heavy atom. The lowest BCUT2D eigenvalue weighted by Gasteiger charge is -2.26. The summed E-state index contributed by atoms with van der Waals surface area (Å²) in [6.07, 6.45) is 1.33. The summed E-state index contributed by atoms with van der Waals surface area (Å²) in [6, 6.07) is 8.82. The van der Waals surface area contributed by atoms with E-state index in [4.69, 9.17) is 0 Å². The van der Waals surface area contributed by atoms with E-state index in [9.17, 15) is 18.0 Å². The van der Waals surface area contributed by atoms with E-state index in [0.717, 1.165) is 16.7 Å². The molecule has 1 saturated heterocycles. The van der Waals surface area contributed by atoms with Crippen molar-refractivity contribution < 1.29 is 18.0 Å². The van der Waals surface area contributed by atoms with Crippen molar-refractivity contribution in [1.29, 1.82) is 0 Å². The minimum absolute atomic E-state index is 0.0856. The lowest BCUT2D eigenvalue weighted by atomic mass is 10.1. The van der Waals surface area contributed by atoms with Crippen molar-refractivity contribution in [2.75, 3.05) is 18.4 Å². The molecule has 3 rings (SSSR count). The summed E-state index contributed by atoms with van der Waals surface area (Å²) < 4.78 is 28.3. The van der Waals surface area contributed by atoms with Crippen molar-refractivity contribution >= 4 is 27.5 Å². The standard InChI is InChI=1S/C24H31N3O4S/c1-15-12-17(3)22(18(4)13-15)32(30,31)27-11-7-9-20(27)14-25-23(28)24(29)26-21-10-6-8-16(2)19(21)5/h6,8,10,12-13,20H,7,9,11,14H2,1-5H3,(H,25,28)(H,26,29)/t20-/m1/s1. The van der Waals surface area contributed by atoms with Crippen LogP contribution in [-0.2, 0) is 19.6 Å². The third kappa shape index (κ3) is 4.86. The summed E-state index contributed by atoms with van der Waals surface area (Å²) in [5.74, 6) is -1.55. The van der Waals surface area contributed by atoms with E-state index >= 15 is 0 Å². The van der Waals surface area contributed by atoms with Crippen molar-refractivity contribution in [2.24, 2.45) is 0 Å². The number of nitrogens with one attached hydrogen (secondary N) is 2. The average Bonchev–Trinajstić information content (AvgIpc) is 3.18. The Balaban J connectivity index is 1.69. The second kappa shape index (κ2) is 9.42. The number of hydrogen-bond donors (Lipinski definition) is 2. The lowest BCUT2D eigenvalue weighted by molar-refractivity contribution is -0.136. The molecule has 172 valence electrons. The van der Waals surface area contributed by atoms with Gasteiger partial charge in [-0.25, -0.2) is 8.42 Å². The molecule has 8 heteroatoms. The molecule has 1 aliphatic heterocycles. The smallest absolute Gasteiger partial charge is 0.313 e. The van der Waals surface area contributed by atoms with Gasteiger partial charge in [-0.1, -0.05) is 29.8 Å². The fraction of sp³-hybridized carbons (Fsp3) is 0.417. The third-order valence-corrected chi connectivity index (χ3v) is 8.31. The Morgan fingerprint density at radius 2 is 1.66 bits per heavy atom. The lowest BCUT2D eigenvalue weighted by Crippen LogP contribution is -2.45. The SMILES string of the molecule is Cc1cc(C)c(S(=O)(=O)N2CCC[C@@H]2CNC(=O)C(=O)Nc2cccc(C)c2C)c(C)c1. The average molecular weight is 458 g/mol. The van der Waals surface area contributed by atoms with Crippen LogP contribution in [0.15, 0.2) is 35.2 Å². The molecule has 0 radical (unpaired) electrons. The molecule has 1 atom stereocenters. The van der Waals surface area contributed by atoms with Crippen molar-refractivity contribution in [2.45, 2.75) is 58.4 Å². The molecule has 0 unspecified atom stereocenters. The predicted octanol–water partition coefficient (Wildman–Crippen LogP) is 3.14. The second-order valence-electron chi connectivity index (χ2n) is 8.55. The highest BCUT2D eigenvalue weighted by atomic mass is 32.2. The van der Waals surface area contributed by atoms with Crippen LogP contribution < -0.4 is 10.6 Å².